The molecule has 1 heterocycles. The van der Waals surface area contributed by atoms with Crippen LogP contribution in [-0.2, 0) is 0 Å². The third-order valence-electron chi connectivity index (χ3n) is 3.90. The summed E-state index contributed by atoms with van der Waals surface area (Å²) in [5.74, 6) is 1.57. The number of benzene rings is 1. The van der Waals surface area contributed by atoms with Gasteiger partial charge in [-0.15, -0.1) is 0 Å². The van der Waals surface area contributed by atoms with Gasteiger partial charge < -0.3 is 19.5 Å². The molecule has 2 aromatic rings. The SMILES string of the molecule is COc1cccc(-c2noc([C@H](C)NC(=O)N(C)C3CC3)n2)c1. The fourth-order valence-electron chi connectivity index (χ4n) is 2.27. The van der Waals surface area contributed by atoms with Gasteiger partial charge in [-0.05, 0) is 31.9 Å². The molecule has 0 unspecified atom stereocenters. The first-order valence-corrected chi connectivity index (χ1v) is 7.60. The Bertz CT molecular complexity index is 696. The van der Waals surface area contributed by atoms with Gasteiger partial charge in [0, 0.05) is 18.7 Å². The van der Waals surface area contributed by atoms with E-state index in [1.165, 1.54) is 0 Å². The first-order chi connectivity index (χ1) is 11.1. The fraction of sp³-hybridized carbons (Fsp3) is 0.438. The first kappa shape index (κ1) is 15.3. The summed E-state index contributed by atoms with van der Waals surface area (Å²) < 4.78 is 10.5. The van der Waals surface area contributed by atoms with Crippen molar-refractivity contribution >= 4 is 6.03 Å². The lowest BCUT2D eigenvalue weighted by atomic mass is 10.2. The predicted octanol–water partition coefficient (Wildman–Crippen LogP) is 2.61. The lowest BCUT2D eigenvalue weighted by Crippen LogP contribution is -2.39. The van der Waals surface area contributed by atoms with Crippen molar-refractivity contribution in [2.24, 2.45) is 0 Å². The van der Waals surface area contributed by atoms with E-state index in [9.17, 15) is 4.79 Å². The molecule has 122 valence electrons. The number of nitrogens with one attached hydrogen (secondary N) is 1. The largest absolute Gasteiger partial charge is 0.497 e. The molecule has 0 bridgehead atoms. The van der Waals surface area contributed by atoms with Crippen LogP contribution in [0.5, 0.6) is 5.75 Å². The number of hydrogen-bond donors (Lipinski definition) is 1. The molecule has 23 heavy (non-hydrogen) atoms. The third kappa shape index (κ3) is 3.44. The van der Waals surface area contributed by atoms with Gasteiger partial charge in [0.05, 0.1) is 7.11 Å². The van der Waals surface area contributed by atoms with Crippen molar-refractivity contribution in [3.8, 4) is 17.1 Å². The molecule has 0 aliphatic heterocycles. The summed E-state index contributed by atoms with van der Waals surface area (Å²) in [7, 11) is 3.41. The summed E-state index contributed by atoms with van der Waals surface area (Å²) in [6.45, 7) is 1.82. The van der Waals surface area contributed by atoms with Gasteiger partial charge in [-0.3, -0.25) is 0 Å². The van der Waals surface area contributed by atoms with Gasteiger partial charge in [0.1, 0.15) is 11.8 Å². The molecule has 1 saturated carbocycles. The van der Waals surface area contributed by atoms with Crippen LogP contribution in [0.2, 0.25) is 0 Å². The normalized spacial score (nSPS) is 15.1. The summed E-state index contributed by atoms with van der Waals surface area (Å²) in [6.07, 6.45) is 2.14. The lowest BCUT2D eigenvalue weighted by molar-refractivity contribution is 0.200. The van der Waals surface area contributed by atoms with Crippen LogP contribution in [0.3, 0.4) is 0 Å². The highest BCUT2D eigenvalue weighted by molar-refractivity contribution is 5.75. The zero-order valence-corrected chi connectivity index (χ0v) is 13.4. The number of aromatic nitrogens is 2. The number of rotatable bonds is 5. The second kappa shape index (κ2) is 6.28. The Morgan fingerprint density at radius 1 is 1.48 bits per heavy atom. The van der Waals surface area contributed by atoms with Crippen LogP contribution >= 0.6 is 0 Å². The van der Waals surface area contributed by atoms with Gasteiger partial charge in [0.15, 0.2) is 0 Å². The van der Waals surface area contributed by atoms with E-state index in [0.29, 0.717) is 17.8 Å². The van der Waals surface area contributed by atoms with Crippen LogP contribution in [-0.4, -0.2) is 41.3 Å². The number of hydrogen-bond acceptors (Lipinski definition) is 5. The van der Waals surface area contributed by atoms with Crippen LogP contribution < -0.4 is 10.1 Å². The molecule has 1 aromatic carbocycles. The molecule has 1 fully saturated rings. The average Bonchev–Trinajstić information content (AvgIpc) is 3.30. The van der Waals surface area contributed by atoms with Crippen LogP contribution in [0.25, 0.3) is 11.4 Å². The lowest BCUT2D eigenvalue weighted by Gasteiger charge is -2.19. The van der Waals surface area contributed by atoms with Gasteiger partial charge in [-0.2, -0.15) is 4.98 Å². The van der Waals surface area contributed by atoms with Gasteiger partial charge in [0.25, 0.3) is 0 Å². The summed E-state index contributed by atoms with van der Waals surface area (Å²) in [5, 5.41) is 6.85. The highest BCUT2D eigenvalue weighted by Gasteiger charge is 2.30. The number of ether oxygens (including phenoxy) is 1. The molecule has 1 aliphatic rings. The Kier molecular flexibility index (Phi) is 4.18. The Morgan fingerprint density at radius 2 is 2.26 bits per heavy atom. The van der Waals surface area contributed by atoms with E-state index in [1.54, 1.807) is 19.1 Å². The Hall–Kier alpha value is -2.57. The number of methoxy groups -OCH3 is 1. The zero-order chi connectivity index (χ0) is 16.4. The monoisotopic (exact) mass is 316 g/mol. The molecule has 0 radical (unpaired) electrons. The topological polar surface area (TPSA) is 80.5 Å². The van der Waals surface area contributed by atoms with Crippen molar-refractivity contribution in [1.29, 1.82) is 0 Å². The number of amides is 2. The van der Waals surface area contributed by atoms with Crippen molar-refractivity contribution < 1.29 is 14.1 Å². The maximum Gasteiger partial charge on any atom is 0.318 e. The molecule has 0 spiro atoms. The quantitative estimate of drug-likeness (QED) is 0.917. The zero-order valence-electron chi connectivity index (χ0n) is 13.4. The summed E-state index contributed by atoms with van der Waals surface area (Å²) in [6, 6.07) is 7.30. The molecule has 0 saturated heterocycles. The molecular formula is C16H20N4O3. The van der Waals surface area contributed by atoms with Crippen LogP contribution in [0.1, 0.15) is 31.7 Å². The molecule has 1 atom stereocenters. The van der Waals surface area contributed by atoms with Crippen molar-refractivity contribution in [1.82, 2.24) is 20.4 Å². The summed E-state index contributed by atoms with van der Waals surface area (Å²) in [4.78, 5) is 18.2. The number of carbonyl (C=O) groups excluding carboxylic acids is 1. The minimum absolute atomic E-state index is 0.124. The van der Waals surface area contributed by atoms with E-state index in [0.717, 1.165) is 24.2 Å². The molecule has 7 nitrogen and oxygen atoms in total. The minimum atomic E-state index is -0.351. The molecule has 1 aliphatic carbocycles. The van der Waals surface area contributed by atoms with Gasteiger partial charge in [-0.25, -0.2) is 4.79 Å². The van der Waals surface area contributed by atoms with Crippen LogP contribution in [0, 0.1) is 0 Å². The average molecular weight is 316 g/mol. The van der Waals surface area contributed by atoms with E-state index >= 15 is 0 Å². The van der Waals surface area contributed by atoms with Crippen molar-refractivity contribution in [3.05, 3.63) is 30.2 Å². The van der Waals surface area contributed by atoms with Gasteiger partial charge in [0.2, 0.25) is 11.7 Å². The maximum absolute atomic E-state index is 12.1. The molecule has 3 rings (SSSR count). The molecule has 1 N–H and O–H groups in total. The van der Waals surface area contributed by atoms with E-state index in [-0.39, 0.29) is 12.1 Å². The highest BCUT2D eigenvalue weighted by atomic mass is 16.5. The third-order valence-corrected chi connectivity index (χ3v) is 3.90. The fourth-order valence-corrected chi connectivity index (χ4v) is 2.27. The second-order valence-corrected chi connectivity index (χ2v) is 5.70. The Morgan fingerprint density at radius 3 is 2.96 bits per heavy atom. The standard InChI is InChI=1S/C16H20N4O3/c1-10(17-16(21)20(2)12-7-8-12)15-18-14(19-23-15)11-5-4-6-13(9-11)22-3/h4-6,9-10,12H,7-8H2,1-3H3,(H,17,21)/t10-/m0/s1. The van der Waals surface area contributed by atoms with Crippen molar-refractivity contribution in [2.45, 2.75) is 31.8 Å². The van der Waals surface area contributed by atoms with Crippen LogP contribution in [0.15, 0.2) is 28.8 Å². The van der Waals surface area contributed by atoms with Crippen molar-refractivity contribution in [2.75, 3.05) is 14.2 Å². The Labute approximate surface area is 134 Å². The van der Waals surface area contributed by atoms with Gasteiger partial charge in [-0.1, -0.05) is 17.3 Å². The summed E-state index contributed by atoms with van der Waals surface area (Å²) in [5.41, 5.74) is 0.799. The summed E-state index contributed by atoms with van der Waals surface area (Å²) >= 11 is 0. The van der Waals surface area contributed by atoms with E-state index in [4.69, 9.17) is 9.26 Å². The Balaban J connectivity index is 1.69. The van der Waals surface area contributed by atoms with E-state index in [2.05, 4.69) is 15.5 Å². The maximum atomic E-state index is 12.1. The predicted molar refractivity (Wildman–Crippen MR) is 84.0 cm³/mol. The number of carbonyl (C=O) groups is 1. The first-order valence-electron chi connectivity index (χ1n) is 7.60. The smallest absolute Gasteiger partial charge is 0.318 e. The molecular weight excluding hydrogens is 296 g/mol. The van der Waals surface area contributed by atoms with E-state index < -0.39 is 0 Å². The van der Waals surface area contributed by atoms with Gasteiger partial charge >= 0.3 is 6.03 Å². The number of urea groups is 1. The number of nitrogens with zero attached hydrogens (tertiary/aromatic N) is 3. The van der Waals surface area contributed by atoms with Crippen LogP contribution in [0.4, 0.5) is 4.79 Å². The van der Waals surface area contributed by atoms with Crippen molar-refractivity contribution in [3.63, 3.8) is 0 Å². The molecule has 1 aromatic heterocycles. The van der Waals surface area contributed by atoms with E-state index in [1.807, 2.05) is 31.2 Å². The molecule has 2 amide bonds. The second-order valence-electron chi connectivity index (χ2n) is 5.70. The minimum Gasteiger partial charge on any atom is -0.497 e. The highest BCUT2D eigenvalue weighted by Crippen LogP contribution is 2.26. The molecule has 7 heteroatoms.